The van der Waals surface area contributed by atoms with Crippen molar-refractivity contribution in [2.45, 2.75) is 0 Å². The van der Waals surface area contributed by atoms with Gasteiger partial charge in [-0.15, -0.1) is 0 Å². The van der Waals surface area contributed by atoms with Gasteiger partial charge in [0, 0.05) is 6.20 Å². The van der Waals surface area contributed by atoms with E-state index in [-0.39, 0.29) is 23.5 Å². The molecule has 0 atom stereocenters. The molecule has 1 aromatic rings. The van der Waals surface area contributed by atoms with E-state index < -0.39 is 0 Å². The maximum Gasteiger partial charge on any atom is 0.258 e. The summed E-state index contributed by atoms with van der Waals surface area (Å²) in [7, 11) is 0. The van der Waals surface area contributed by atoms with Crippen molar-refractivity contribution in [3.05, 3.63) is 34.2 Å². The highest BCUT2D eigenvalue weighted by Crippen LogP contribution is 1.88. The van der Waals surface area contributed by atoms with Gasteiger partial charge < -0.3 is 10.7 Å². The first-order valence-electron chi connectivity index (χ1n) is 3.16. The van der Waals surface area contributed by atoms with Crippen LogP contribution in [0.25, 0.3) is 0 Å². The number of nitrogens with two attached hydrogens (primary N) is 1. The van der Waals surface area contributed by atoms with Gasteiger partial charge in [0.25, 0.3) is 5.56 Å². The molecule has 0 fully saturated rings. The SMILES string of the molecule is NCC(=O)c1ccc[nH]c1=O. The number of pyridine rings is 1. The van der Waals surface area contributed by atoms with Crippen LogP contribution in [-0.2, 0) is 0 Å². The maximum atomic E-state index is 10.9. The number of nitrogens with one attached hydrogen (secondary N) is 1. The molecule has 0 aliphatic rings. The second-order valence-electron chi connectivity index (χ2n) is 2.04. The van der Waals surface area contributed by atoms with Gasteiger partial charge in [0.05, 0.1) is 12.1 Å². The highest BCUT2D eigenvalue weighted by atomic mass is 16.1. The molecule has 4 nitrogen and oxygen atoms in total. The van der Waals surface area contributed by atoms with Crippen LogP contribution < -0.4 is 11.3 Å². The quantitative estimate of drug-likeness (QED) is 0.562. The molecule has 0 aromatic carbocycles. The van der Waals surface area contributed by atoms with Crippen LogP contribution in [0.4, 0.5) is 0 Å². The van der Waals surface area contributed by atoms with Crippen LogP contribution in [0.1, 0.15) is 10.4 Å². The van der Waals surface area contributed by atoms with Crippen LogP contribution in [0.2, 0.25) is 0 Å². The minimum absolute atomic E-state index is 0.120. The summed E-state index contributed by atoms with van der Waals surface area (Å²) in [5, 5.41) is 0. The molecule has 0 saturated heterocycles. The van der Waals surface area contributed by atoms with Gasteiger partial charge >= 0.3 is 0 Å². The molecule has 0 spiro atoms. The topological polar surface area (TPSA) is 76.0 Å². The number of hydrogen-bond donors (Lipinski definition) is 2. The zero-order chi connectivity index (χ0) is 8.27. The van der Waals surface area contributed by atoms with Gasteiger partial charge in [-0.3, -0.25) is 9.59 Å². The van der Waals surface area contributed by atoms with Crippen LogP contribution in [-0.4, -0.2) is 17.3 Å². The number of rotatable bonds is 2. The van der Waals surface area contributed by atoms with Gasteiger partial charge in [-0.05, 0) is 12.1 Å². The van der Waals surface area contributed by atoms with E-state index in [1.807, 2.05) is 0 Å². The minimum Gasteiger partial charge on any atom is -0.328 e. The van der Waals surface area contributed by atoms with E-state index in [0.717, 1.165) is 0 Å². The Morgan fingerprint density at radius 2 is 2.36 bits per heavy atom. The third-order valence-electron chi connectivity index (χ3n) is 1.30. The number of carbonyl (C=O) groups excluding carboxylic acids is 1. The second-order valence-corrected chi connectivity index (χ2v) is 2.04. The molecular weight excluding hydrogens is 144 g/mol. The predicted octanol–water partition coefficient (Wildman–Crippen LogP) is -0.484. The number of carbonyl (C=O) groups is 1. The van der Waals surface area contributed by atoms with Crippen molar-refractivity contribution < 1.29 is 4.79 Å². The third-order valence-corrected chi connectivity index (χ3v) is 1.30. The minimum atomic E-state index is -0.386. The highest BCUT2D eigenvalue weighted by molar-refractivity contribution is 5.96. The molecule has 1 aromatic heterocycles. The summed E-state index contributed by atoms with van der Waals surface area (Å²) in [6.07, 6.45) is 1.47. The molecule has 0 unspecified atom stereocenters. The lowest BCUT2D eigenvalue weighted by Crippen LogP contribution is -2.22. The Labute approximate surface area is 63.0 Å². The Morgan fingerprint density at radius 1 is 1.64 bits per heavy atom. The normalized spacial score (nSPS) is 9.55. The average Bonchev–Trinajstić information content (AvgIpc) is 2.04. The zero-order valence-electron chi connectivity index (χ0n) is 5.83. The Hall–Kier alpha value is -1.42. The average molecular weight is 152 g/mol. The zero-order valence-corrected chi connectivity index (χ0v) is 5.83. The number of aromatic amines is 1. The number of aromatic nitrogens is 1. The summed E-state index contributed by atoms with van der Waals surface area (Å²) in [5.74, 6) is -0.341. The standard InChI is InChI=1S/C7H8N2O2/c8-4-6(10)5-2-1-3-9-7(5)11/h1-3H,4,8H2,(H,9,11). The van der Waals surface area contributed by atoms with Gasteiger partial charge in [-0.25, -0.2) is 0 Å². The Balaban J connectivity index is 3.14. The Kier molecular flexibility index (Phi) is 2.18. The van der Waals surface area contributed by atoms with Crippen LogP contribution in [0.3, 0.4) is 0 Å². The van der Waals surface area contributed by atoms with Gasteiger partial charge in [-0.1, -0.05) is 0 Å². The van der Waals surface area contributed by atoms with Crippen molar-refractivity contribution in [2.24, 2.45) is 5.73 Å². The van der Waals surface area contributed by atoms with E-state index in [1.54, 1.807) is 6.07 Å². The smallest absolute Gasteiger partial charge is 0.258 e. The van der Waals surface area contributed by atoms with E-state index in [1.165, 1.54) is 12.3 Å². The monoisotopic (exact) mass is 152 g/mol. The molecule has 1 rings (SSSR count). The van der Waals surface area contributed by atoms with Gasteiger partial charge in [0.1, 0.15) is 0 Å². The Morgan fingerprint density at radius 3 is 2.91 bits per heavy atom. The number of H-pyrrole nitrogens is 1. The van der Waals surface area contributed by atoms with Crippen molar-refractivity contribution in [2.75, 3.05) is 6.54 Å². The van der Waals surface area contributed by atoms with Crippen LogP contribution in [0.15, 0.2) is 23.1 Å². The summed E-state index contributed by atoms with van der Waals surface area (Å²) < 4.78 is 0. The lowest BCUT2D eigenvalue weighted by Gasteiger charge is -1.93. The molecule has 0 aliphatic carbocycles. The molecule has 3 N–H and O–H groups in total. The van der Waals surface area contributed by atoms with Crippen LogP contribution in [0.5, 0.6) is 0 Å². The summed E-state index contributed by atoms with van der Waals surface area (Å²) >= 11 is 0. The molecule has 0 bridgehead atoms. The first kappa shape index (κ1) is 7.68. The molecule has 0 saturated carbocycles. The fourth-order valence-corrected chi connectivity index (χ4v) is 0.751. The summed E-state index contributed by atoms with van der Waals surface area (Å²) in [4.78, 5) is 24.2. The summed E-state index contributed by atoms with van der Waals surface area (Å²) in [6, 6.07) is 3.04. The van der Waals surface area contributed by atoms with Crippen molar-refractivity contribution >= 4 is 5.78 Å². The van der Waals surface area contributed by atoms with E-state index in [0.29, 0.717) is 0 Å². The van der Waals surface area contributed by atoms with Crippen molar-refractivity contribution in [3.8, 4) is 0 Å². The fraction of sp³-hybridized carbons (Fsp3) is 0.143. The number of Topliss-reactive ketones (excluding diaryl/α,β-unsaturated/α-hetero) is 1. The largest absolute Gasteiger partial charge is 0.328 e. The molecule has 58 valence electrons. The lowest BCUT2D eigenvalue weighted by molar-refractivity contribution is 0.1000. The molecule has 11 heavy (non-hydrogen) atoms. The van der Waals surface area contributed by atoms with E-state index >= 15 is 0 Å². The summed E-state index contributed by atoms with van der Waals surface area (Å²) in [5.41, 5.74) is 4.80. The van der Waals surface area contributed by atoms with Crippen LogP contribution >= 0.6 is 0 Å². The lowest BCUT2D eigenvalue weighted by atomic mass is 10.2. The number of ketones is 1. The third kappa shape index (κ3) is 1.53. The summed E-state index contributed by atoms with van der Waals surface area (Å²) in [6.45, 7) is -0.132. The fourth-order valence-electron chi connectivity index (χ4n) is 0.751. The molecule has 4 heteroatoms. The van der Waals surface area contributed by atoms with Crippen molar-refractivity contribution in [1.29, 1.82) is 0 Å². The molecule has 0 amide bonds. The molecule has 0 aliphatic heterocycles. The van der Waals surface area contributed by atoms with Crippen LogP contribution in [0, 0.1) is 0 Å². The van der Waals surface area contributed by atoms with Crippen molar-refractivity contribution in [1.82, 2.24) is 4.98 Å². The first-order chi connectivity index (χ1) is 5.25. The molecule has 1 heterocycles. The van der Waals surface area contributed by atoms with Crippen molar-refractivity contribution in [3.63, 3.8) is 0 Å². The van der Waals surface area contributed by atoms with E-state index in [2.05, 4.69) is 4.98 Å². The van der Waals surface area contributed by atoms with E-state index in [9.17, 15) is 9.59 Å². The maximum absolute atomic E-state index is 10.9. The molecule has 0 radical (unpaired) electrons. The second kappa shape index (κ2) is 3.12. The molecular formula is C7H8N2O2. The highest BCUT2D eigenvalue weighted by Gasteiger charge is 2.05. The van der Waals surface area contributed by atoms with E-state index in [4.69, 9.17) is 5.73 Å². The Bertz CT molecular complexity index is 316. The number of hydrogen-bond acceptors (Lipinski definition) is 3. The van der Waals surface area contributed by atoms with Gasteiger partial charge in [0.15, 0.2) is 5.78 Å². The predicted molar refractivity (Wildman–Crippen MR) is 40.4 cm³/mol. The first-order valence-corrected chi connectivity index (χ1v) is 3.16. The van der Waals surface area contributed by atoms with Gasteiger partial charge in [0.2, 0.25) is 0 Å². The van der Waals surface area contributed by atoms with Gasteiger partial charge in [-0.2, -0.15) is 0 Å².